The summed E-state index contributed by atoms with van der Waals surface area (Å²) in [5.74, 6) is 0.0815. The van der Waals surface area contributed by atoms with E-state index in [-0.39, 0.29) is 23.5 Å². The Bertz CT molecular complexity index is 1060. The van der Waals surface area contributed by atoms with Crippen molar-refractivity contribution in [2.75, 3.05) is 30.5 Å². The molecular weight excluding hydrogens is 416 g/mol. The van der Waals surface area contributed by atoms with Gasteiger partial charge in [0.15, 0.2) is 16.4 Å². The first-order valence-electron chi connectivity index (χ1n) is 8.64. The number of sulfonamides is 1. The van der Waals surface area contributed by atoms with Crippen LogP contribution in [0.1, 0.15) is 18.5 Å². The molecule has 0 aromatic heterocycles. The molecule has 29 heavy (non-hydrogen) atoms. The molecule has 0 heterocycles. The van der Waals surface area contributed by atoms with Crippen LogP contribution in [-0.4, -0.2) is 48.9 Å². The molecule has 0 spiro atoms. The number of benzene rings is 2. The molecule has 0 bridgehead atoms. The summed E-state index contributed by atoms with van der Waals surface area (Å²) in [5.41, 5.74) is 1.24. The van der Waals surface area contributed by atoms with Gasteiger partial charge in [-0.25, -0.2) is 16.8 Å². The smallest absolute Gasteiger partial charge is 0.258 e. The van der Waals surface area contributed by atoms with Crippen molar-refractivity contribution in [1.29, 1.82) is 0 Å². The van der Waals surface area contributed by atoms with Gasteiger partial charge < -0.3 is 10.1 Å². The quantitative estimate of drug-likeness (QED) is 0.670. The Balaban J connectivity index is 1.91. The predicted molar refractivity (Wildman–Crippen MR) is 111 cm³/mol. The number of nitrogens with zero attached hydrogens (tertiary/aromatic N) is 1. The van der Waals surface area contributed by atoms with Gasteiger partial charge in [0.05, 0.1) is 22.9 Å². The monoisotopic (exact) mass is 440 g/mol. The Hall–Kier alpha value is -2.59. The summed E-state index contributed by atoms with van der Waals surface area (Å²) >= 11 is 0. The van der Waals surface area contributed by atoms with Crippen molar-refractivity contribution in [3.8, 4) is 5.75 Å². The molecular formula is C19H24N2O6S2. The minimum atomic E-state index is -3.35. The van der Waals surface area contributed by atoms with Gasteiger partial charge in [0.1, 0.15) is 5.75 Å². The van der Waals surface area contributed by atoms with E-state index in [0.29, 0.717) is 11.4 Å². The summed E-state index contributed by atoms with van der Waals surface area (Å²) in [6.07, 6.45) is 2.24. The summed E-state index contributed by atoms with van der Waals surface area (Å²) < 4.78 is 52.6. The number of carbonyl (C=O) groups excluding carboxylic acids is 1. The molecule has 158 valence electrons. The molecule has 0 aliphatic heterocycles. The Morgan fingerprint density at radius 1 is 1.00 bits per heavy atom. The summed E-state index contributed by atoms with van der Waals surface area (Å²) in [6.45, 7) is 1.57. The van der Waals surface area contributed by atoms with Gasteiger partial charge in [-0.05, 0) is 48.9 Å². The third kappa shape index (κ3) is 6.47. The van der Waals surface area contributed by atoms with Gasteiger partial charge in [0.25, 0.3) is 5.91 Å². The molecule has 10 heteroatoms. The second kappa shape index (κ2) is 8.83. The summed E-state index contributed by atoms with van der Waals surface area (Å²) in [5, 5.41) is 2.77. The summed E-state index contributed by atoms with van der Waals surface area (Å²) in [7, 11) is -5.17. The third-order valence-corrected chi connectivity index (χ3v) is 6.59. The van der Waals surface area contributed by atoms with Gasteiger partial charge >= 0.3 is 0 Å². The highest BCUT2D eigenvalue weighted by atomic mass is 32.2. The largest absolute Gasteiger partial charge is 0.484 e. The number of anilines is 1. The van der Waals surface area contributed by atoms with Crippen molar-refractivity contribution in [2.24, 2.45) is 0 Å². The van der Waals surface area contributed by atoms with Crippen LogP contribution < -0.4 is 14.4 Å². The van der Waals surface area contributed by atoms with Gasteiger partial charge in [-0.15, -0.1) is 0 Å². The number of amides is 1. The summed E-state index contributed by atoms with van der Waals surface area (Å²) in [4.78, 5) is 12.3. The SMILES string of the molecule is C[C@H](NC(=O)COc1ccc(N(C)S(C)(=O)=O)cc1)c1ccc(S(C)(=O)=O)cc1. The standard InChI is InChI=1S/C19H24N2O6S2/c1-14(15-5-11-18(12-6-15)28(3,23)24)20-19(22)13-27-17-9-7-16(8-10-17)21(2)29(4,25)26/h5-12,14H,13H2,1-4H3,(H,20,22)/t14-/m0/s1. The van der Waals surface area contributed by atoms with Crippen LogP contribution >= 0.6 is 0 Å². The fourth-order valence-corrected chi connectivity index (χ4v) is 3.60. The van der Waals surface area contributed by atoms with Crippen LogP contribution in [0.3, 0.4) is 0 Å². The Morgan fingerprint density at radius 2 is 1.55 bits per heavy atom. The molecule has 0 saturated carbocycles. The maximum atomic E-state index is 12.1. The second-order valence-electron chi connectivity index (χ2n) is 6.64. The van der Waals surface area contributed by atoms with E-state index in [9.17, 15) is 21.6 Å². The number of rotatable bonds is 8. The lowest BCUT2D eigenvalue weighted by atomic mass is 10.1. The van der Waals surface area contributed by atoms with E-state index in [0.717, 1.165) is 22.4 Å². The van der Waals surface area contributed by atoms with E-state index in [2.05, 4.69) is 5.32 Å². The molecule has 1 amide bonds. The lowest BCUT2D eigenvalue weighted by Crippen LogP contribution is -2.31. The topological polar surface area (TPSA) is 110 Å². The first-order valence-corrected chi connectivity index (χ1v) is 12.4. The number of ether oxygens (including phenoxy) is 1. The molecule has 1 N–H and O–H groups in total. The number of sulfone groups is 1. The Kier molecular flexibility index (Phi) is 6.91. The van der Waals surface area contributed by atoms with Crippen LogP contribution in [0.4, 0.5) is 5.69 Å². The zero-order valence-electron chi connectivity index (χ0n) is 16.6. The van der Waals surface area contributed by atoms with E-state index in [1.807, 2.05) is 0 Å². The number of carbonyl (C=O) groups is 1. The predicted octanol–water partition coefficient (Wildman–Crippen LogP) is 1.74. The number of nitrogens with one attached hydrogen (secondary N) is 1. The van der Waals surface area contributed by atoms with Crippen molar-refractivity contribution in [2.45, 2.75) is 17.9 Å². The molecule has 0 aliphatic carbocycles. The van der Waals surface area contributed by atoms with Crippen LogP contribution in [-0.2, 0) is 24.7 Å². The van der Waals surface area contributed by atoms with E-state index < -0.39 is 19.9 Å². The van der Waals surface area contributed by atoms with E-state index >= 15 is 0 Å². The Morgan fingerprint density at radius 3 is 2.03 bits per heavy atom. The average molecular weight is 441 g/mol. The highest BCUT2D eigenvalue weighted by Gasteiger charge is 2.14. The van der Waals surface area contributed by atoms with Gasteiger partial charge in [-0.3, -0.25) is 9.10 Å². The van der Waals surface area contributed by atoms with Gasteiger partial charge in [-0.2, -0.15) is 0 Å². The normalized spacial score (nSPS) is 12.8. The van der Waals surface area contributed by atoms with Crippen molar-refractivity contribution < 1.29 is 26.4 Å². The van der Waals surface area contributed by atoms with Gasteiger partial charge in [0, 0.05) is 13.3 Å². The highest BCUT2D eigenvalue weighted by molar-refractivity contribution is 7.92. The van der Waals surface area contributed by atoms with Crippen LogP contribution in [0.15, 0.2) is 53.4 Å². The van der Waals surface area contributed by atoms with Crippen molar-refractivity contribution in [3.63, 3.8) is 0 Å². The molecule has 1 atom stereocenters. The third-order valence-electron chi connectivity index (χ3n) is 4.25. The highest BCUT2D eigenvalue weighted by Crippen LogP contribution is 2.20. The molecule has 0 saturated heterocycles. The molecule has 2 aromatic rings. The van der Waals surface area contributed by atoms with Crippen molar-refractivity contribution in [1.82, 2.24) is 5.32 Å². The van der Waals surface area contributed by atoms with Crippen LogP contribution in [0, 0.1) is 0 Å². The molecule has 0 radical (unpaired) electrons. The van der Waals surface area contributed by atoms with Crippen molar-refractivity contribution >= 4 is 31.5 Å². The van der Waals surface area contributed by atoms with Crippen molar-refractivity contribution in [3.05, 3.63) is 54.1 Å². The van der Waals surface area contributed by atoms with Crippen LogP contribution in [0.25, 0.3) is 0 Å². The molecule has 8 nitrogen and oxygen atoms in total. The van der Waals surface area contributed by atoms with E-state index in [1.54, 1.807) is 43.3 Å². The first kappa shape index (κ1) is 22.7. The lowest BCUT2D eigenvalue weighted by molar-refractivity contribution is -0.123. The maximum Gasteiger partial charge on any atom is 0.258 e. The lowest BCUT2D eigenvalue weighted by Gasteiger charge is -2.17. The van der Waals surface area contributed by atoms with Crippen LogP contribution in [0.2, 0.25) is 0 Å². The fraction of sp³-hybridized carbons (Fsp3) is 0.316. The maximum absolute atomic E-state index is 12.1. The van der Waals surface area contributed by atoms with E-state index in [1.165, 1.54) is 19.2 Å². The zero-order chi connectivity index (χ0) is 21.8. The molecule has 2 rings (SSSR count). The number of hydrogen-bond donors (Lipinski definition) is 1. The molecule has 0 aliphatic rings. The minimum absolute atomic E-state index is 0.215. The summed E-state index contributed by atoms with van der Waals surface area (Å²) in [6, 6.07) is 12.3. The molecule has 2 aromatic carbocycles. The van der Waals surface area contributed by atoms with Gasteiger partial charge in [0.2, 0.25) is 10.0 Å². The Labute approximate surface area is 171 Å². The molecule has 0 fully saturated rings. The fourth-order valence-electron chi connectivity index (χ4n) is 2.46. The second-order valence-corrected chi connectivity index (χ2v) is 10.7. The number of hydrogen-bond acceptors (Lipinski definition) is 6. The van der Waals surface area contributed by atoms with Crippen LogP contribution in [0.5, 0.6) is 5.75 Å². The molecule has 0 unspecified atom stereocenters. The first-order chi connectivity index (χ1) is 13.4. The zero-order valence-corrected chi connectivity index (χ0v) is 18.2. The average Bonchev–Trinajstić information content (AvgIpc) is 2.65. The van der Waals surface area contributed by atoms with E-state index in [4.69, 9.17) is 4.74 Å². The van der Waals surface area contributed by atoms with Gasteiger partial charge in [-0.1, -0.05) is 12.1 Å². The minimum Gasteiger partial charge on any atom is -0.484 e.